The molecule has 0 aliphatic heterocycles. The SMILES string of the molecule is O=C(N[C@H](c1nnc(-c2ccccc2)o1)c1ccccc1F)c1ccccc1Cl. The second-order valence-corrected chi connectivity index (χ2v) is 6.63. The van der Waals surface area contributed by atoms with Crippen LogP contribution in [-0.4, -0.2) is 16.1 Å². The van der Waals surface area contributed by atoms with Crippen LogP contribution in [0.3, 0.4) is 0 Å². The van der Waals surface area contributed by atoms with Crippen molar-refractivity contribution >= 4 is 17.5 Å². The molecular weight excluding hydrogens is 393 g/mol. The van der Waals surface area contributed by atoms with Crippen LogP contribution in [0.15, 0.2) is 83.3 Å². The Kier molecular flexibility index (Phi) is 5.35. The van der Waals surface area contributed by atoms with Crippen molar-refractivity contribution in [3.8, 4) is 11.5 Å². The number of benzene rings is 3. The molecule has 5 nitrogen and oxygen atoms in total. The minimum absolute atomic E-state index is 0.0642. The Bertz CT molecular complexity index is 1150. The zero-order chi connectivity index (χ0) is 20.2. The van der Waals surface area contributed by atoms with E-state index in [2.05, 4.69) is 15.5 Å². The number of amides is 1. The molecule has 144 valence electrons. The van der Waals surface area contributed by atoms with Gasteiger partial charge in [-0.25, -0.2) is 4.39 Å². The molecule has 4 rings (SSSR count). The van der Waals surface area contributed by atoms with E-state index in [9.17, 15) is 9.18 Å². The van der Waals surface area contributed by atoms with Gasteiger partial charge in [-0.2, -0.15) is 0 Å². The Balaban J connectivity index is 1.72. The fourth-order valence-corrected chi connectivity index (χ4v) is 3.11. The van der Waals surface area contributed by atoms with Crippen LogP contribution in [0.5, 0.6) is 0 Å². The Morgan fingerprint density at radius 1 is 0.931 bits per heavy atom. The van der Waals surface area contributed by atoms with E-state index in [1.165, 1.54) is 6.07 Å². The Morgan fingerprint density at radius 3 is 2.38 bits per heavy atom. The molecule has 1 amide bonds. The monoisotopic (exact) mass is 407 g/mol. The van der Waals surface area contributed by atoms with Crippen molar-refractivity contribution in [2.45, 2.75) is 6.04 Å². The fraction of sp³-hybridized carbons (Fsp3) is 0.0455. The lowest BCUT2D eigenvalue weighted by atomic mass is 10.1. The molecule has 0 aliphatic carbocycles. The summed E-state index contributed by atoms with van der Waals surface area (Å²) < 4.78 is 20.3. The Hall–Kier alpha value is -3.51. The van der Waals surface area contributed by atoms with Crippen LogP contribution in [0.2, 0.25) is 5.02 Å². The van der Waals surface area contributed by atoms with Gasteiger partial charge in [0, 0.05) is 11.1 Å². The summed E-state index contributed by atoms with van der Waals surface area (Å²) in [6.07, 6.45) is 0. The van der Waals surface area contributed by atoms with E-state index < -0.39 is 17.8 Å². The second-order valence-electron chi connectivity index (χ2n) is 6.22. The lowest BCUT2D eigenvalue weighted by molar-refractivity contribution is 0.0937. The number of hydrogen-bond acceptors (Lipinski definition) is 4. The molecular formula is C22H15ClFN3O2. The van der Waals surface area contributed by atoms with Crippen LogP contribution in [0.4, 0.5) is 4.39 Å². The molecule has 0 aliphatic rings. The first kappa shape index (κ1) is 18.8. The number of rotatable bonds is 5. The predicted molar refractivity (Wildman–Crippen MR) is 107 cm³/mol. The number of carbonyl (C=O) groups excluding carboxylic acids is 1. The van der Waals surface area contributed by atoms with E-state index in [4.69, 9.17) is 16.0 Å². The number of halogens is 2. The number of carbonyl (C=O) groups is 1. The predicted octanol–water partition coefficient (Wildman–Crippen LogP) is 5.05. The molecule has 1 heterocycles. The van der Waals surface area contributed by atoms with Gasteiger partial charge in [-0.1, -0.05) is 60.1 Å². The van der Waals surface area contributed by atoms with Gasteiger partial charge in [0.05, 0.1) is 10.6 Å². The standard InChI is InChI=1S/C22H15ClFN3O2/c23-17-12-6-4-10-15(17)20(28)25-19(16-11-5-7-13-18(16)24)22-27-26-21(29-22)14-8-2-1-3-9-14/h1-13,19H,(H,25,28)/t19-/m0/s1. The molecule has 3 aromatic carbocycles. The fourth-order valence-electron chi connectivity index (χ4n) is 2.88. The van der Waals surface area contributed by atoms with Crippen molar-refractivity contribution in [2.24, 2.45) is 0 Å². The van der Waals surface area contributed by atoms with Gasteiger partial charge in [0.25, 0.3) is 5.91 Å². The Morgan fingerprint density at radius 2 is 1.62 bits per heavy atom. The smallest absolute Gasteiger partial charge is 0.253 e. The van der Waals surface area contributed by atoms with Gasteiger partial charge in [0.1, 0.15) is 11.9 Å². The minimum Gasteiger partial charge on any atom is -0.418 e. The third-order valence-corrected chi connectivity index (χ3v) is 4.65. The van der Waals surface area contributed by atoms with Gasteiger partial charge >= 0.3 is 0 Å². The first-order valence-electron chi connectivity index (χ1n) is 8.82. The number of hydrogen-bond donors (Lipinski definition) is 1. The highest BCUT2D eigenvalue weighted by molar-refractivity contribution is 6.33. The van der Waals surface area contributed by atoms with Crippen LogP contribution >= 0.6 is 11.6 Å². The first-order valence-corrected chi connectivity index (χ1v) is 9.20. The largest absolute Gasteiger partial charge is 0.418 e. The van der Waals surface area contributed by atoms with Crippen LogP contribution in [0.25, 0.3) is 11.5 Å². The number of aromatic nitrogens is 2. The van der Waals surface area contributed by atoms with E-state index in [-0.39, 0.29) is 27.9 Å². The summed E-state index contributed by atoms with van der Waals surface area (Å²) in [6, 6.07) is 20.9. The molecule has 0 spiro atoms. The number of nitrogens with zero attached hydrogens (tertiary/aromatic N) is 2. The molecule has 0 fully saturated rings. The quantitative estimate of drug-likeness (QED) is 0.502. The maximum Gasteiger partial charge on any atom is 0.253 e. The summed E-state index contributed by atoms with van der Waals surface area (Å²) in [5.41, 5.74) is 1.19. The summed E-state index contributed by atoms with van der Waals surface area (Å²) in [7, 11) is 0. The first-order chi connectivity index (χ1) is 14.1. The van der Waals surface area contributed by atoms with Crippen molar-refractivity contribution in [3.05, 3.63) is 107 Å². The maximum atomic E-state index is 14.5. The van der Waals surface area contributed by atoms with E-state index in [1.54, 1.807) is 42.5 Å². The van der Waals surface area contributed by atoms with Crippen LogP contribution in [-0.2, 0) is 0 Å². The zero-order valence-corrected chi connectivity index (χ0v) is 15.8. The average molecular weight is 408 g/mol. The lowest BCUT2D eigenvalue weighted by Gasteiger charge is -2.17. The summed E-state index contributed by atoms with van der Waals surface area (Å²) in [4.78, 5) is 12.8. The Labute approximate surface area is 171 Å². The molecule has 29 heavy (non-hydrogen) atoms. The van der Waals surface area contributed by atoms with Crippen molar-refractivity contribution in [3.63, 3.8) is 0 Å². The van der Waals surface area contributed by atoms with Gasteiger partial charge < -0.3 is 9.73 Å². The molecule has 1 aromatic heterocycles. The highest BCUT2D eigenvalue weighted by Gasteiger charge is 2.27. The molecule has 0 bridgehead atoms. The van der Waals surface area contributed by atoms with E-state index in [0.717, 1.165) is 5.56 Å². The van der Waals surface area contributed by atoms with Gasteiger partial charge in [-0.3, -0.25) is 4.79 Å². The van der Waals surface area contributed by atoms with Crippen molar-refractivity contribution in [2.75, 3.05) is 0 Å². The van der Waals surface area contributed by atoms with Crippen molar-refractivity contribution < 1.29 is 13.6 Å². The van der Waals surface area contributed by atoms with Crippen LogP contribution in [0.1, 0.15) is 27.9 Å². The molecule has 4 aromatic rings. The summed E-state index contributed by atoms with van der Waals surface area (Å²) >= 11 is 6.12. The highest BCUT2D eigenvalue weighted by atomic mass is 35.5. The average Bonchev–Trinajstić information content (AvgIpc) is 3.23. The minimum atomic E-state index is -0.982. The van der Waals surface area contributed by atoms with E-state index >= 15 is 0 Å². The second kappa shape index (κ2) is 8.24. The summed E-state index contributed by atoms with van der Waals surface area (Å²) in [6.45, 7) is 0. The third-order valence-electron chi connectivity index (χ3n) is 4.32. The van der Waals surface area contributed by atoms with E-state index in [1.807, 2.05) is 30.3 Å². The normalized spacial score (nSPS) is 11.8. The highest BCUT2D eigenvalue weighted by Crippen LogP contribution is 2.27. The van der Waals surface area contributed by atoms with Crippen molar-refractivity contribution in [1.29, 1.82) is 0 Å². The van der Waals surface area contributed by atoms with Crippen molar-refractivity contribution in [1.82, 2.24) is 15.5 Å². The molecule has 0 radical (unpaired) electrons. The molecule has 0 unspecified atom stereocenters. The van der Waals surface area contributed by atoms with Gasteiger partial charge in [-0.15, -0.1) is 10.2 Å². The molecule has 0 saturated carbocycles. The number of nitrogens with one attached hydrogen (secondary N) is 1. The maximum absolute atomic E-state index is 14.5. The summed E-state index contributed by atoms with van der Waals surface area (Å²) in [5, 5.41) is 11.1. The van der Waals surface area contributed by atoms with Crippen LogP contribution < -0.4 is 5.32 Å². The molecule has 1 N–H and O–H groups in total. The molecule has 1 atom stereocenters. The molecule has 0 saturated heterocycles. The van der Waals surface area contributed by atoms with Gasteiger partial charge in [0.15, 0.2) is 0 Å². The van der Waals surface area contributed by atoms with Crippen LogP contribution in [0, 0.1) is 5.82 Å². The third kappa shape index (κ3) is 4.02. The van der Waals surface area contributed by atoms with Gasteiger partial charge in [-0.05, 0) is 30.3 Å². The topological polar surface area (TPSA) is 68.0 Å². The van der Waals surface area contributed by atoms with Gasteiger partial charge in [0.2, 0.25) is 11.8 Å². The molecule has 7 heteroatoms. The van der Waals surface area contributed by atoms with E-state index in [0.29, 0.717) is 0 Å². The summed E-state index contributed by atoms with van der Waals surface area (Å²) in [5.74, 6) is -0.650. The lowest BCUT2D eigenvalue weighted by Crippen LogP contribution is -2.30. The zero-order valence-electron chi connectivity index (χ0n) is 15.0.